The summed E-state index contributed by atoms with van der Waals surface area (Å²) in [7, 11) is 1.63. The summed E-state index contributed by atoms with van der Waals surface area (Å²) in [5.74, 6) is 1.45. The van der Waals surface area contributed by atoms with Crippen LogP contribution in [-0.4, -0.2) is 40.4 Å². The number of fused-ring (bicyclic) bond motifs is 1. The van der Waals surface area contributed by atoms with Crippen LogP contribution in [0.4, 0.5) is 5.69 Å². The van der Waals surface area contributed by atoms with Crippen molar-refractivity contribution < 1.29 is 14.3 Å². The fourth-order valence-corrected chi connectivity index (χ4v) is 7.27. The number of carbonyl (C=O) groups excluding carboxylic acids is 2. The van der Waals surface area contributed by atoms with Crippen LogP contribution in [0.1, 0.15) is 76.0 Å². The molecular weight excluding hydrogens is 474 g/mol. The number of para-hydroxylation sites is 1. The molecule has 2 N–H and O–H groups in total. The fourth-order valence-electron chi connectivity index (χ4n) is 7.27. The molecule has 6 nitrogen and oxygen atoms in total. The summed E-state index contributed by atoms with van der Waals surface area (Å²) in [5.41, 5.74) is 3.73. The summed E-state index contributed by atoms with van der Waals surface area (Å²) in [6, 6.07) is 16.1. The number of aromatic nitrogens is 1. The van der Waals surface area contributed by atoms with E-state index in [0.717, 1.165) is 55.5 Å². The second-order valence-electron chi connectivity index (χ2n) is 12.2. The summed E-state index contributed by atoms with van der Waals surface area (Å²) in [4.78, 5) is 33.7. The van der Waals surface area contributed by atoms with Gasteiger partial charge in [0.2, 0.25) is 11.8 Å². The van der Waals surface area contributed by atoms with Crippen molar-refractivity contribution in [3.8, 4) is 5.75 Å². The van der Waals surface area contributed by atoms with Crippen LogP contribution < -0.4 is 10.1 Å². The number of ether oxygens (including phenoxy) is 1. The Bertz CT molecular complexity index is 1360. The Hall–Kier alpha value is -3.28. The number of H-pyrrole nitrogens is 1. The van der Waals surface area contributed by atoms with Crippen molar-refractivity contribution in [2.75, 3.05) is 12.4 Å². The zero-order valence-electron chi connectivity index (χ0n) is 23.0. The number of methoxy groups -OCH3 is 1. The van der Waals surface area contributed by atoms with E-state index in [1.165, 1.54) is 16.6 Å². The van der Waals surface area contributed by atoms with Crippen LogP contribution in [0.25, 0.3) is 10.9 Å². The lowest BCUT2D eigenvalue weighted by molar-refractivity contribution is -0.146. The molecule has 0 bridgehead atoms. The smallest absolute Gasteiger partial charge is 0.250 e. The molecule has 6 heteroatoms. The standard InChI is InChI=1S/C32H39N3O3/c1-20-28(24-9-5-6-10-26(24)33-20)29-25(31(29,2)3)19-27(36)35(22-13-14-22)32(17-7-8-18-32)30(37)34-21-11-15-23(38-4)16-12-21/h5-6,9-12,15-16,22,25,29,33H,7-8,13-14,17-19H2,1-4H3,(H,34,37)/t25-,29-/m0/s1. The van der Waals surface area contributed by atoms with Crippen LogP contribution in [0.15, 0.2) is 48.5 Å². The van der Waals surface area contributed by atoms with Crippen LogP contribution in [-0.2, 0) is 9.59 Å². The highest BCUT2D eigenvalue weighted by molar-refractivity contribution is 6.01. The van der Waals surface area contributed by atoms with Crippen molar-refractivity contribution in [3.63, 3.8) is 0 Å². The fraction of sp³-hybridized carbons (Fsp3) is 0.500. The molecule has 3 fully saturated rings. The minimum atomic E-state index is -0.761. The Morgan fingerprint density at radius 2 is 1.74 bits per heavy atom. The lowest BCUT2D eigenvalue weighted by atomic mass is 9.91. The summed E-state index contributed by atoms with van der Waals surface area (Å²) in [5, 5.41) is 4.41. The molecule has 3 aliphatic carbocycles. The Morgan fingerprint density at radius 3 is 2.39 bits per heavy atom. The highest BCUT2D eigenvalue weighted by atomic mass is 16.5. The number of hydrogen-bond donors (Lipinski definition) is 2. The quantitative estimate of drug-likeness (QED) is 0.358. The molecule has 2 amide bonds. The predicted octanol–water partition coefficient (Wildman–Crippen LogP) is 6.56. The first-order valence-electron chi connectivity index (χ1n) is 14.1. The van der Waals surface area contributed by atoms with E-state index in [-0.39, 0.29) is 29.2 Å². The Kier molecular flexibility index (Phi) is 6.04. The van der Waals surface area contributed by atoms with Crippen LogP contribution in [0, 0.1) is 18.3 Å². The second kappa shape index (κ2) is 9.18. The molecular formula is C32H39N3O3. The molecule has 0 aliphatic heterocycles. The zero-order valence-corrected chi connectivity index (χ0v) is 23.0. The number of aryl methyl sites for hydroxylation is 1. The van der Waals surface area contributed by atoms with E-state index in [2.05, 4.69) is 55.3 Å². The minimum Gasteiger partial charge on any atom is -0.497 e. The largest absolute Gasteiger partial charge is 0.497 e. The molecule has 3 aromatic rings. The van der Waals surface area contributed by atoms with E-state index >= 15 is 0 Å². The number of nitrogens with zero attached hydrogens (tertiary/aromatic N) is 1. The molecule has 2 aromatic carbocycles. The van der Waals surface area contributed by atoms with Gasteiger partial charge in [-0.1, -0.05) is 44.9 Å². The molecule has 6 rings (SSSR count). The monoisotopic (exact) mass is 513 g/mol. The lowest BCUT2D eigenvalue weighted by Gasteiger charge is -2.40. The Labute approximate surface area is 225 Å². The van der Waals surface area contributed by atoms with Gasteiger partial charge in [0.25, 0.3) is 0 Å². The van der Waals surface area contributed by atoms with Crippen molar-refractivity contribution in [3.05, 3.63) is 59.8 Å². The second-order valence-corrected chi connectivity index (χ2v) is 12.2. The maximum absolute atomic E-state index is 14.2. The van der Waals surface area contributed by atoms with Crippen molar-refractivity contribution in [1.29, 1.82) is 0 Å². The van der Waals surface area contributed by atoms with E-state index in [1.54, 1.807) is 7.11 Å². The highest BCUT2D eigenvalue weighted by Gasteiger charge is 2.61. The lowest BCUT2D eigenvalue weighted by Crippen LogP contribution is -2.58. The first-order chi connectivity index (χ1) is 18.3. The molecule has 1 aromatic heterocycles. The molecule has 2 atom stereocenters. The minimum absolute atomic E-state index is 0.0365. The van der Waals surface area contributed by atoms with Gasteiger partial charge in [0, 0.05) is 34.7 Å². The van der Waals surface area contributed by atoms with Crippen molar-refractivity contribution in [2.45, 2.75) is 83.2 Å². The first-order valence-corrected chi connectivity index (χ1v) is 14.1. The third-order valence-corrected chi connectivity index (χ3v) is 9.54. The van der Waals surface area contributed by atoms with Gasteiger partial charge in [0.15, 0.2) is 0 Å². The number of rotatable bonds is 8. The van der Waals surface area contributed by atoms with Gasteiger partial charge in [-0.05, 0) is 85.8 Å². The Balaban J connectivity index is 1.25. The van der Waals surface area contributed by atoms with Gasteiger partial charge >= 0.3 is 0 Å². The normalized spacial score (nSPS) is 23.3. The number of nitrogens with one attached hydrogen (secondary N) is 2. The van der Waals surface area contributed by atoms with Gasteiger partial charge in [0.05, 0.1) is 7.11 Å². The van der Waals surface area contributed by atoms with E-state index in [0.29, 0.717) is 12.3 Å². The third-order valence-electron chi connectivity index (χ3n) is 9.54. The predicted molar refractivity (Wildman–Crippen MR) is 150 cm³/mol. The number of aromatic amines is 1. The number of anilines is 1. The van der Waals surface area contributed by atoms with Gasteiger partial charge in [-0.2, -0.15) is 0 Å². The average Bonchev–Trinajstić information content (AvgIpc) is 3.68. The summed E-state index contributed by atoms with van der Waals surface area (Å²) in [6.45, 7) is 6.73. The topological polar surface area (TPSA) is 74.4 Å². The molecule has 38 heavy (non-hydrogen) atoms. The average molecular weight is 514 g/mol. The molecule has 200 valence electrons. The van der Waals surface area contributed by atoms with E-state index < -0.39 is 5.54 Å². The van der Waals surface area contributed by atoms with Crippen molar-refractivity contribution in [1.82, 2.24) is 9.88 Å². The van der Waals surface area contributed by atoms with Crippen molar-refractivity contribution in [2.24, 2.45) is 11.3 Å². The Morgan fingerprint density at radius 1 is 1.05 bits per heavy atom. The summed E-state index contributed by atoms with van der Waals surface area (Å²) in [6.07, 6.45) is 5.87. The van der Waals surface area contributed by atoms with Gasteiger partial charge < -0.3 is 19.9 Å². The maximum atomic E-state index is 14.2. The summed E-state index contributed by atoms with van der Waals surface area (Å²) < 4.78 is 5.26. The van der Waals surface area contributed by atoms with Gasteiger partial charge in [0.1, 0.15) is 11.3 Å². The molecule has 0 unspecified atom stereocenters. The number of hydrogen-bond acceptors (Lipinski definition) is 3. The number of amides is 2. The highest BCUT2D eigenvalue weighted by Crippen LogP contribution is 2.67. The van der Waals surface area contributed by atoms with Crippen LogP contribution in [0.3, 0.4) is 0 Å². The van der Waals surface area contributed by atoms with E-state index in [1.807, 2.05) is 29.2 Å². The molecule has 3 aliphatic rings. The number of benzene rings is 2. The summed E-state index contributed by atoms with van der Waals surface area (Å²) >= 11 is 0. The van der Waals surface area contributed by atoms with Crippen molar-refractivity contribution >= 4 is 28.4 Å². The van der Waals surface area contributed by atoms with Gasteiger partial charge in [-0.25, -0.2) is 0 Å². The maximum Gasteiger partial charge on any atom is 0.250 e. The molecule has 0 saturated heterocycles. The molecule has 1 heterocycles. The van der Waals surface area contributed by atoms with Gasteiger partial charge in [-0.3, -0.25) is 9.59 Å². The first kappa shape index (κ1) is 25.0. The molecule has 3 saturated carbocycles. The SMILES string of the molecule is COc1ccc(NC(=O)C2(N(C(=O)C[C@H]3[C@@H](c4c(C)[nH]c5ccccc45)C3(C)C)C3CC3)CCCC2)cc1. The van der Waals surface area contributed by atoms with Crippen LogP contribution in [0.2, 0.25) is 0 Å². The zero-order chi connectivity index (χ0) is 26.7. The van der Waals surface area contributed by atoms with E-state index in [9.17, 15) is 9.59 Å². The third kappa shape index (κ3) is 4.09. The van der Waals surface area contributed by atoms with E-state index in [4.69, 9.17) is 4.74 Å². The van der Waals surface area contributed by atoms with Crippen LogP contribution in [0.5, 0.6) is 5.75 Å². The molecule has 0 radical (unpaired) electrons. The van der Waals surface area contributed by atoms with Crippen LogP contribution >= 0.6 is 0 Å². The number of carbonyl (C=O) groups is 2. The van der Waals surface area contributed by atoms with Gasteiger partial charge in [-0.15, -0.1) is 0 Å². The molecule has 0 spiro atoms.